The van der Waals surface area contributed by atoms with Crippen LogP contribution in [0.1, 0.15) is 0 Å². The van der Waals surface area contributed by atoms with Crippen LogP contribution in [0.3, 0.4) is 0 Å². The Morgan fingerprint density at radius 2 is 1.94 bits per heavy atom. The second-order valence-electron chi connectivity index (χ2n) is 6.29. The number of rotatable bonds is 8. The summed E-state index contributed by atoms with van der Waals surface area (Å²) in [5, 5.41) is 17.1. The largest absolute Gasteiger partial charge is 0.493 e. The number of benzene rings is 2. The lowest BCUT2D eigenvalue weighted by molar-refractivity contribution is -0.113. The summed E-state index contributed by atoms with van der Waals surface area (Å²) in [6.45, 7) is 0. The Hall–Kier alpha value is -3.51. The number of methoxy groups -OCH3 is 2. The number of aromatic nitrogens is 5. The number of hydrogen-bond acceptors (Lipinski definition) is 9. The van der Waals surface area contributed by atoms with Crippen molar-refractivity contribution >= 4 is 34.1 Å². The number of tetrazole rings is 1. The molecule has 0 saturated heterocycles. The number of nitrogens with zero attached hydrogens (tertiary/aromatic N) is 5. The first-order chi connectivity index (χ1) is 15.6. The summed E-state index contributed by atoms with van der Waals surface area (Å²) in [5.41, 5.74) is 2.10. The molecule has 0 saturated carbocycles. The Balaban J connectivity index is 1.40. The molecular formula is C20H17FN6O3S2. The van der Waals surface area contributed by atoms with Crippen LogP contribution in [-0.2, 0) is 4.79 Å². The van der Waals surface area contributed by atoms with Crippen LogP contribution in [0.25, 0.3) is 16.9 Å². The quantitative estimate of drug-likeness (QED) is 0.388. The highest BCUT2D eigenvalue weighted by Gasteiger charge is 2.15. The van der Waals surface area contributed by atoms with Crippen molar-refractivity contribution in [1.29, 1.82) is 0 Å². The molecule has 0 fully saturated rings. The molecule has 4 rings (SSSR count). The van der Waals surface area contributed by atoms with E-state index in [1.54, 1.807) is 49.9 Å². The van der Waals surface area contributed by atoms with Gasteiger partial charge in [0.25, 0.3) is 0 Å². The van der Waals surface area contributed by atoms with E-state index in [4.69, 9.17) is 9.47 Å². The number of thiazole rings is 1. The average molecular weight is 473 g/mol. The molecule has 164 valence electrons. The van der Waals surface area contributed by atoms with Gasteiger partial charge in [-0.25, -0.2) is 9.37 Å². The van der Waals surface area contributed by atoms with E-state index in [0.717, 1.165) is 5.56 Å². The van der Waals surface area contributed by atoms with Crippen LogP contribution < -0.4 is 14.8 Å². The molecule has 0 unspecified atom stereocenters. The predicted octanol–water partition coefficient (Wildman–Crippen LogP) is 3.67. The van der Waals surface area contributed by atoms with Crippen LogP contribution in [0.15, 0.2) is 53.0 Å². The van der Waals surface area contributed by atoms with Crippen LogP contribution in [0, 0.1) is 5.82 Å². The molecule has 2 heterocycles. The van der Waals surface area contributed by atoms with Gasteiger partial charge in [0.2, 0.25) is 11.1 Å². The van der Waals surface area contributed by atoms with Crippen molar-refractivity contribution in [2.45, 2.75) is 5.16 Å². The Labute approximate surface area is 190 Å². The maximum atomic E-state index is 13.1. The number of anilines is 1. The van der Waals surface area contributed by atoms with Gasteiger partial charge >= 0.3 is 0 Å². The minimum atomic E-state index is -0.315. The smallest absolute Gasteiger partial charge is 0.236 e. The zero-order valence-corrected chi connectivity index (χ0v) is 18.6. The lowest BCUT2D eigenvalue weighted by Crippen LogP contribution is -2.14. The number of ether oxygens (including phenoxy) is 2. The van der Waals surface area contributed by atoms with Gasteiger partial charge < -0.3 is 14.8 Å². The second kappa shape index (κ2) is 9.75. The Bertz CT molecular complexity index is 1230. The number of carbonyl (C=O) groups excluding carboxylic acids is 1. The summed E-state index contributed by atoms with van der Waals surface area (Å²) in [6.07, 6.45) is 0. The molecule has 0 aliphatic carbocycles. The molecule has 12 heteroatoms. The first-order valence-corrected chi connectivity index (χ1v) is 11.1. The summed E-state index contributed by atoms with van der Waals surface area (Å²) in [5.74, 6) is 0.636. The predicted molar refractivity (Wildman–Crippen MR) is 119 cm³/mol. The molecule has 1 N–H and O–H groups in total. The summed E-state index contributed by atoms with van der Waals surface area (Å²) in [4.78, 5) is 16.8. The van der Waals surface area contributed by atoms with E-state index in [0.29, 0.717) is 33.2 Å². The third-order valence-electron chi connectivity index (χ3n) is 4.28. The number of thioether (sulfide) groups is 1. The van der Waals surface area contributed by atoms with Crippen LogP contribution >= 0.6 is 23.1 Å². The molecule has 2 aromatic carbocycles. The Morgan fingerprint density at radius 1 is 1.16 bits per heavy atom. The third-order valence-corrected chi connectivity index (χ3v) is 5.95. The van der Waals surface area contributed by atoms with E-state index < -0.39 is 0 Å². The van der Waals surface area contributed by atoms with Crippen LogP contribution in [-0.4, -0.2) is 51.1 Å². The van der Waals surface area contributed by atoms with Crippen molar-refractivity contribution in [1.82, 2.24) is 25.2 Å². The van der Waals surface area contributed by atoms with Gasteiger partial charge in [-0.15, -0.1) is 16.4 Å². The minimum Gasteiger partial charge on any atom is -0.493 e. The van der Waals surface area contributed by atoms with Crippen molar-refractivity contribution in [2.75, 3.05) is 25.3 Å². The molecule has 0 bridgehead atoms. The van der Waals surface area contributed by atoms with Crippen molar-refractivity contribution in [3.63, 3.8) is 0 Å². The van der Waals surface area contributed by atoms with Gasteiger partial charge in [-0.2, -0.15) is 4.68 Å². The van der Waals surface area contributed by atoms with Crippen LogP contribution in [0.2, 0.25) is 0 Å². The average Bonchev–Trinajstić information content (AvgIpc) is 3.47. The Kier molecular flexibility index (Phi) is 6.61. The van der Waals surface area contributed by atoms with Gasteiger partial charge in [0.1, 0.15) is 5.82 Å². The molecule has 9 nitrogen and oxygen atoms in total. The zero-order valence-electron chi connectivity index (χ0n) is 17.0. The van der Waals surface area contributed by atoms with Gasteiger partial charge in [-0.1, -0.05) is 11.8 Å². The minimum absolute atomic E-state index is 0.0825. The Morgan fingerprint density at radius 3 is 2.69 bits per heavy atom. The molecule has 0 spiro atoms. The van der Waals surface area contributed by atoms with Gasteiger partial charge in [-0.3, -0.25) is 4.79 Å². The standard InChI is InChI=1S/C20H17FN6O3S2/c1-29-16-8-7-14(9-17(16)30-2)27-20(24-25-26-27)32-11-18(28)23-19-22-15(10-31-19)12-3-5-13(21)6-4-12/h3-10H,11H2,1-2H3,(H,22,23,28). The highest BCUT2D eigenvalue weighted by molar-refractivity contribution is 7.99. The first-order valence-electron chi connectivity index (χ1n) is 9.22. The maximum absolute atomic E-state index is 13.1. The summed E-state index contributed by atoms with van der Waals surface area (Å²) >= 11 is 2.47. The lowest BCUT2D eigenvalue weighted by atomic mass is 10.2. The van der Waals surface area contributed by atoms with E-state index in [1.165, 1.54) is 39.9 Å². The second-order valence-corrected chi connectivity index (χ2v) is 8.09. The van der Waals surface area contributed by atoms with Crippen molar-refractivity contribution in [3.05, 3.63) is 53.7 Å². The molecule has 0 radical (unpaired) electrons. The van der Waals surface area contributed by atoms with E-state index in [2.05, 4.69) is 25.8 Å². The number of nitrogens with one attached hydrogen (secondary N) is 1. The molecule has 32 heavy (non-hydrogen) atoms. The number of carbonyl (C=O) groups is 1. The molecule has 0 aliphatic heterocycles. The highest BCUT2D eigenvalue weighted by atomic mass is 32.2. The third kappa shape index (κ3) is 4.86. The molecular weight excluding hydrogens is 455 g/mol. The topological polar surface area (TPSA) is 104 Å². The fourth-order valence-corrected chi connectivity index (χ4v) is 4.18. The van der Waals surface area contributed by atoms with Gasteiger partial charge in [0.15, 0.2) is 16.6 Å². The van der Waals surface area contributed by atoms with E-state index in [9.17, 15) is 9.18 Å². The van der Waals surface area contributed by atoms with Gasteiger partial charge in [-0.05, 0) is 46.8 Å². The maximum Gasteiger partial charge on any atom is 0.236 e. The number of amides is 1. The molecule has 0 aliphatic rings. The van der Waals surface area contributed by atoms with E-state index in [1.807, 2.05) is 0 Å². The number of halogens is 1. The normalized spacial score (nSPS) is 10.7. The SMILES string of the molecule is COc1ccc(-n2nnnc2SCC(=O)Nc2nc(-c3ccc(F)cc3)cs2)cc1OC. The highest BCUT2D eigenvalue weighted by Crippen LogP contribution is 2.30. The molecule has 1 amide bonds. The summed E-state index contributed by atoms with van der Waals surface area (Å²) in [7, 11) is 3.10. The van der Waals surface area contributed by atoms with E-state index in [-0.39, 0.29) is 17.5 Å². The fourth-order valence-electron chi connectivity index (χ4n) is 2.76. The van der Waals surface area contributed by atoms with Crippen molar-refractivity contribution < 1.29 is 18.7 Å². The molecule has 0 atom stereocenters. The fraction of sp³-hybridized carbons (Fsp3) is 0.150. The zero-order chi connectivity index (χ0) is 22.5. The first kappa shape index (κ1) is 21.7. The lowest BCUT2D eigenvalue weighted by Gasteiger charge is -2.10. The number of hydrogen-bond donors (Lipinski definition) is 1. The monoisotopic (exact) mass is 472 g/mol. The van der Waals surface area contributed by atoms with Crippen molar-refractivity contribution in [3.8, 4) is 28.4 Å². The molecule has 4 aromatic rings. The van der Waals surface area contributed by atoms with Crippen LogP contribution in [0.5, 0.6) is 11.5 Å². The summed E-state index contributed by atoms with van der Waals surface area (Å²) < 4.78 is 25.2. The summed E-state index contributed by atoms with van der Waals surface area (Å²) in [6, 6.07) is 11.3. The van der Waals surface area contributed by atoms with Crippen LogP contribution in [0.4, 0.5) is 9.52 Å². The van der Waals surface area contributed by atoms with E-state index >= 15 is 0 Å². The van der Waals surface area contributed by atoms with Gasteiger partial charge in [0, 0.05) is 17.0 Å². The van der Waals surface area contributed by atoms with Crippen molar-refractivity contribution in [2.24, 2.45) is 0 Å². The molecule has 2 aromatic heterocycles. The van der Waals surface area contributed by atoms with Gasteiger partial charge in [0.05, 0.1) is 31.4 Å².